The number of hydrogen-bond acceptors (Lipinski definition) is 14. The van der Waals surface area contributed by atoms with E-state index >= 15 is 0 Å². The number of nitrogens with zero attached hydrogens (tertiary/aromatic N) is 2. The first-order chi connectivity index (χ1) is 34.2. The molecule has 73 heavy (non-hydrogen) atoms. The molecule has 25 heteroatoms. The summed E-state index contributed by atoms with van der Waals surface area (Å²) in [5, 5.41) is 48.8. The lowest BCUT2D eigenvalue weighted by molar-refractivity contribution is -0.142. The summed E-state index contributed by atoms with van der Waals surface area (Å²) >= 11 is 0. The summed E-state index contributed by atoms with van der Waals surface area (Å²) < 4.78 is 0. The number of nitrogens with one attached hydrogen (secondary N) is 8. The third-order valence-corrected chi connectivity index (χ3v) is 13.3. The number of likely N-dealkylation sites (tertiary alicyclic amines) is 1. The number of aliphatic carboxylic acids is 1. The van der Waals surface area contributed by atoms with Gasteiger partial charge in [0, 0.05) is 31.3 Å². The lowest BCUT2D eigenvalue weighted by atomic mass is 9.95. The number of carbonyl (C=O) groups excluding carboxylic acids is 9. The minimum atomic E-state index is -1.71. The predicted octanol–water partition coefficient (Wildman–Crippen LogP) is -2.04. The molecule has 1 saturated heterocycles. The fourth-order valence-corrected chi connectivity index (χ4v) is 8.07. The average molecular weight is 1040 g/mol. The number of amides is 9. The van der Waals surface area contributed by atoms with Gasteiger partial charge in [-0.25, -0.2) is 9.78 Å². The number of primary amides is 1. The molecule has 25 nitrogen and oxygen atoms in total. The summed E-state index contributed by atoms with van der Waals surface area (Å²) in [7, 11) is 0. The molecule has 2 heterocycles. The molecule has 0 saturated carbocycles. The molecular formula is C48H82N12O13. The smallest absolute Gasteiger partial charge is 0.326 e. The topological polar surface area (TPSA) is 400 Å². The third-order valence-electron chi connectivity index (χ3n) is 13.3. The van der Waals surface area contributed by atoms with Gasteiger partial charge in [-0.1, -0.05) is 74.7 Å². The Morgan fingerprint density at radius 1 is 0.671 bits per heavy atom. The SMILES string of the molecule is CC[C@H](C)[C@H](NC(=O)[C@H](CCC(N)=O)NC(=O)[C@@H](NC(=O)[C@@H]1CCCN1C(=O)[C@@H](N)[C@@H](C)O)[C@@H](C)CC)C(=O)N[C@H](C(=O)N[C@H](C(=O)N[C@@H](CC(C)C)C(=O)N[C@@H](Cc1cnc[nH]1)C(=O)O)[C@@H](C)CC)[C@@H](C)O. The molecular weight excluding hydrogens is 953 g/mol. The van der Waals surface area contributed by atoms with Gasteiger partial charge in [-0.05, 0) is 63.2 Å². The van der Waals surface area contributed by atoms with Crippen LogP contribution in [0.1, 0.15) is 126 Å². The number of aromatic nitrogens is 2. The molecule has 0 aromatic carbocycles. The van der Waals surface area contributed by atoms with Crippen LogP contribution in [0.3, 0.4) is 0 Å². The van der Waals surface area contributed by atoms with Gasteiger partial charge in [0.05, 0.1) is 18.5 Å². The van der Waals surface area contributed by atoms with E-state index in [1.807, 2.05) is 0 Å². The normalized spacial score (nSPS) is 18.9. The Morgan fingerprint density at radius 2 is 1.14 bits per heavy atom. The number of aliphatic hydroxyl groups excluding tert-OH is 2. The van der Waals surface area contributed by atoms with E-state index in [1.54, 1.807) is 55.4 Å². The minimum Gasteiger partial charge on any atom is -0.480 e. The highest BCUT2D eigenvalue weighted by Crippen LogP contribution is 2.21. The fraction of sp³-hybridized carbons (Fsp3) is 0.729. The molecule has 1 fully saturated rings. The van der Waals surface area contributed by atoms with Crippen molar-refractivity contribution in [1.29, 1.82) is 0 Å². The highest BCUT2D eigenvalue weighted by Gasteiger charge is 2.41. The Bertz CT molecular complexity index is 2040. The Morgan fingerprint density at radius 3 is 1.60 bits per heavy atom. The van der Waals surface area contributed by atoms with Crippen LogP contribution in [0.15, 0.2) is 12.5 Å². The number of aromatic amines is 1. The van der Waals surface area contributed by atoms with E-state index in [9.17, 15) is 63.3 Å². The van der Waals surface area contributed by atoms with Gasteiger partial charge in [0.1, 0.15) is 54.4 Å². The highest BCUT2D eigenvalue weighted by molar-refractivity contribution is 5.98. The van der Waals surface area contributed by atoms with Crippen molar-refractivity contribution in [2.75, 3.05) is 6.54 Å². The van der Waals surface area contributed by atoms with Crippen LogP contribution in [0.4, 0.5) is 0 Å². The molecule has 15 N–H and O–H groups in total. The minimum absolute atomic E-state index is 0.0942. The Balaban J connectivity index is 2.36. The van der Waals surface area contributed by atoms with Crippen molar-refractivity contribution in [3.05, 3.63) is 18.2 Å². The van der Waals surface area contributed by atoms with E-state index in [1.165, 1.54) is 31.3 Å². The van der Waals surface area contributed by atoms with Gasteiger partial charge in [-0.3, -0.25) is 43.2 Å². The number of hydrogen-bond donors (Lipinski definition) is 13. The maximum atomic E-state index is 14.2. The quantitative estimate of drug-likeness (QED) is 0.0381. The van der Waals surface area contributed by atoms with Gasteiger partial charge in [-0.15, -0.1) is 0 Å². The zero-order chi connectivity index (χ0) is 55.4. The Hall–Kier alpha value is -6.21. The molecule has 14 atom stereocenters. The third kappa shape index (κ3) is 19.3. The van der Waals surface area contributed by atoms with E-state index < -0.39 is 143 Å². The molecule has 1 aliphatic heterocycles. The van der Waals surface area contributed by atoms with Crippen LogP contribution in [-0.2, 0) is 54.4 Å². The number of carbonyl (C=O) groups is 10. The van der Waals surface area contributed by atoms with Gasteiger partial charge in [0.2, 0.25) is 53.2 Å². The number of rotatable bonds is 31. The molecule has 0 spiro atoms. The first-order valence-corrected chi connectivity index (χ1v) is 25.2. The molecule has 1 aromatic rings. The van der Waals surface area contributed by atoms with Crippen molar-refractivity contribution in [2.45, 2.75) is 194 Å². The van der Waals surface area contributed by atoms with E-state index in [-0.39, 0.29) is 44.6 Å². The number of H-pyrrole nitrogens is 1. The zero-order valence-corrected chi connectivity index (χ0v) is 43.9. The first-order valence-electron chi connectivity index (χ1n) is 25.2. The summed E-state index contributed by atoms with van der Waals surface area (Å²) in [6.07, 6.45) is 1.04. The van der Waals surface area contributed by atoms with Crippen LogP contribution in [-0.4, -0.2) is 162 Å². The summed E-state index contributed by atoms with van der Waals surface area (Å²) in [5.74, 6) is -10.5. The van der Waals surface area contributed by atoms with Gasteiger partial charge in [0.15, 0.2) is 0 Å². The molecule has 2 rings (SSSR count). The van der Waals surface area contributed by atoms with Crippen LogP contribution in [0.2, 0.25) is 0 Å². The van der Waals surface area contributed by atoms with Crippen LogP contribution in [0, 0.1) is 23.7 Å². The van der Waals surface area contributed by atoms with Crippen LogP contribution < -0.4 is 48.7 Å². The van der Waals surface area contributed by atoms with Crippen LogP contribution in [0.25, 0.3) is 0 Å². The summed E-state index contributed by atoms with van der Waals surface area (Å²) in [4.78, 5) is 143. The van der Waals surface area contributed by atoms with Crippen molar-refractivity contribution in [1.82, 2.24) is 52.1 Å². The second kappa shape index (κ2) is 30.1. The standard InChI is InChI=1S/C48H82N12O13/c1-11-24(6)36(57-42(66)33-15-14-18-60(33)47(71)35(50)27(9)61)43(67)53-30(16-17-34(49)63)40(64)56-38(26(8)13-3)45(69)59-39(28(10)62)46(70)58-37(25(7)12-2)44(68)54-31(19-23(4)5)41(65)55-32(48(72)73)20-29-21-51-22-52-29/h21-28,30-33,35-39,61-62H,11-20,50H2,1-10H3,(H2,49,63)(H,51,52)(H,53,67)(H,54,68)(H,55,65)(H,56,64)(H,57,66)(H,58,70)(H,59,69)(H,72,73)/t24-,25-,26-,27+,28+,30-,31-,32-,33-,35-,36-,37-,38-,39-/m0/s1. The van der Waals surface area contributed by atoms with Gasteiger partial charge < -0.3 is 73.9 Å². The van der Waals surface area contributed by atoms with Crippen LogP contribution in [0.5, 0.6) is 0 Å². The predicted molar refractivity (Wildman–Crippen MR) is 266 cm³/mol. The Kier molecular flexibility index (Phi) is 25.9. The number of aliphatic hydroxyl groups is 2. The summed E-state index contributed by atoms with van der Waals surface area (Å²) in [5.41, 5.74) is 11.8. The van der Waals surface area contributed by atoms with E-state index in [2.05, 4.69) is 47.2 Å². The van der Waals surface area contributed by atoms with Crippen molar-refractivity contribution in [3.63, 3.8) is 0 Å². The maximum absolute atomic E-state index is 14.2. The number of imidazole rings is 1. The van der Waals surface area contributed by atoms with Crippen molar-refractivity contribution in [3.8, 4) is 0 Å². The largest absolute Gasteiger partial charge is 0.480 e. The number of carboxylic acid groups (broad SMARTS) is 1. The molecule has 412 valence electrons. The number of nitrogens with two attached hydrogens (primary N) is 2. The van der Waals surface area contributed by atoms with Crippen molar-refractivity contribution in [2.24, 2.45) is 35.1 Å². The van der Waals surface area contributed by atoms with Crippen molar-refractivity contribution >= 4 is 59.1 Å². The van der Waals surface area contributed by atoms with Gasteiger partial charge >= 0.3 is 5.97 Å². The summed E-state index contributed by atoms with van der Waals surface area (Å²) in [6, 6.07) is -12.0. The Labute approximate surface area is 427 Å². The summed E-state index contributed by atoms with van der Waals surface area (Å²) in [6.45, 7) is 16.6. The second-order valence-electron chi connectivity index (χ2n) is 19.7. The molecule has 9 amide bonds. The number of carboxylic acids is 1. The van der Waals surface area contributed by atoms with E-state index in [4.69, 9.17) is 11.5 Å². The lowest BCUT2D eigenvalue weighted by Crippen LogP contribution is -2.63. The highest BCUT2D eigenvalue weighted by atomic mass is 16.4. The molecule has 1 aromatic heterocycles. The van der Waals surface area contributed by atoms with Crippen LogP contribution >= 0.6 is 0 Å². The lowest BCUT2D eigenvalue weighted by Gasteiger charge is -2.32. The van der Waals surface area contributed by atoms with E-state index in [0.717, 1.165) is 0 Å². The fourth-order valence-electron chi connectivity index (χ4n) is 8.07. The maximum Gasteiger partial charge on any atom is 0.326 e. The molecule has 1 aliphatic rings. The monoisotopic (exact) mass is 1030 g/mol. The van der Waals surface area contributed by atoms with Gasteiger partial charge in [-0.2, -0.15) is 0 Å². The zero-order valence-electron chi connectivity index (χ0n) is 43.9. The van der Waals surface area contributed by atoms with E-state index in [0.29, 0.717) is 31.4 Å². The average Bonchev–Trinajstić information content (AvgIpc) is 4.05. The van der Waals surface area contributed by atoms with Gasteiger partial charge in [0.25, 0.3) is 0 Å². The molecule has 0 aliphatic carbocycles. The second-order valence-corrected chi connectivity index (χ2v) is 19.7. The molecule has 0 bridgehead atoms. The molecule has 0 radical (unpaired) electrons. The van der Waals surface area contributed by atoms with Crippen molar-refractivity contribution < 1.29 is 63.3 Å². The first kappa shape index (κ1) is 62.9. The molecule has 0 unspecified atom stereocenters.